The van der Waals surface area contributed by atoms with Crippen molar-refractivity contribution in [1.82, 2.24) is 0 Å². The van der Waals surface area contributed by atoms with Gasteiger partial charge in [-0.1, -0.05) is 0 Å². The molecule has 0 amide bonds. The van der Waals surface area contributed by atoms with Crippen molar-refractivity contribution in [2.24, 2.45) is 0 Å². The summed E-state index contributed by atoms with van der Waals surface area (Å²) in [6.45, 7) is 0. The third-order valence-corrected chi connectivity index (χ3v) is 0. The molecule has 0 rings (SSSR count). The number of rotatable bonds is 0. The number of hydrogen-bond donors (Lipinski definition) is 0. The minimum Gasteiger partial charge on any atom is -2.00 e. The maximum absolute atomic E-state index is 0. The first kappa shape index (κ1) is 36.1. The molecule has 0 unspecified atom stereocenters. The molecule has 19 valence electrons. The summed E-state index contributed by atoms with van der Waals surface area (Å²) in [6, 6.07) is 0. The van der Waals surface area contributed by atoms with E-state index in [1.807, 2.05) is 0 Å². The van der Waals surface area contributed by atoms with Gasteiger partial charge in [0.05, 0.1) is 0 Å². The van der Waals surface area contributed by atoms with Gasteiger partial charge in [0.15, 0.2) is 0 Å². The number of hydrogen-bond acceptors (Lipinski definition) is 0. The Labute approximate surface area is 78.1 Å². The quantitative estimate of drug-likeness (QED) is 0.304. The van der Waals surface area contributed by atoms with Crippen LogP contribution in [0.5, 0.6) is 0 Å². The van der Waals surface area contributed by atoms with Crippen molar-refractivity contribution in [1.29, 1.82) is 0 Å². The Morgan fingerprint density at radius 2 is 0.750 bits per heavy atom. The summed E-state index contributed by atoms with van der Waals surface area (Å²) in [5, 5.41) is 0. The molecule has 0 aromatic heterocycles. The molecular weight excluding hydrogens is 123 g/mol. The van der Waals surface area contributed by atoms with Crippen LogP contribution in [0, 0.1) is 0 Å². The van der Waals surface area contributed by atoms with Crippen LogP contribution in [0.1, 0.15) is 0 Å². The first-order valence-corrected chi connectivity index (χ1v) is 0. The van der Waals surface area contributed by atoms with Gasteiger partial charge in [-0.15, -0.1) is 0 Å². The molecule has 0 bridgehead atoms. The standard InChI is InChI=1S/Cr.K.2O/q+3;+1;2*-2. The van der Waals surface area contributed by atoms with E-state index in [-0.39, 0.29) is 79.7 Å². The molecule has 1 radical (unpaired) electrons. The van der Waals surface area contributed by atoms with Gasteiger partial charge in [-0.25, -0.2) is 0 Å². The van der Waals surface area contributed by atoms with E-state index in [2.05, 4.69) is 0 Å². The van der Waals surface area contributed by atoms with E-state index in [1.165, 1.54) is 0 Å². The zero-order valence-electron chi connectivity index (χ0n) is 2.22. The Balaban J connectivity index is 0. The molecular formula is CrKO2. The van der Waals surface area contributed by atoms with Gasteiger partial charge < -0.3 is 11.0 Å². The molecule has 2 nitrogen and oxygen atoms in total. The van der Waals surface area contributed by atoms with Crippen LogP contribution in [0.2, 0.25) is 0 Å². The fourth-order valence-corrected chi connectivity index (χ4v) is 0. The molecule has 0 atom stereocenters. The molecule has 0 N–H and O–H groups in total. The second-order valence-electron chi connectivity index (χ2n) is 0. The van der Waals surface area contributed by atoms with Crippen molar-refractivity contribution < 1.29 is 79.7 Å². The molecule has 0 aromatic rings. The molecule has 0 saturated heterocycles. The van der Waals surface area contributed by atoms with E-state index in [0.717, 1.165) is 0 Å². The summed E-state index contributed by atoms with van der Waals surface area (Å²) < 4.78 is 0. The monoisotopic (exact) mass is 123 g/mol. The third-order valence-electron chi connectivity index (χ3n) is 0. The summed E-state index contributed by atoms with van der Waals surface area (Å²) in [6.07, 6.45) is 0. The average Bonchev–Trinajstić information content (AvgIpc) is 0. The summed E-state index contributed by atoms with van der Waals surface area (Å²) in [7, 11) is 0. The Kier molecular flexibility index (Phi) is 176. The summed E-state index contributed by atoms with van der Waals surface area (Å²) in [5.74, 6) is 0. The van der Waals surface area contributed by atoms with Crippen LogP contribution in [0.4, 0.5) is 0 Å². The minimum absolute atomic E-state index is 0. The molecule has 0 heterocycles. The second-order valence-corrected chi connectivity index (χ2v) is 0. The van der Waals surface area contributed by atoms with Crippen LogP contribution in [0.15, 0.2) is 0 Å². The fraction of sp³-hybridized carbons (Fsp3) is 0. The smallest absolute Gasteiger partial charge is 2.00 e. The maximum Gasteiger partial charge on any atom is 3.00 e. The molecule has 0 spiro atoms. The van der Waals surface area contributed by atoms with Gasteiger partial charge in [0.2, 0.25) is 0 Å². The van der Waals surface area contributed by atoms with Crippen molar-refractivity contribution in [3.8, 4) is 0 Å². The van der Waals surface area contributed by atoms with Gasteiger partial charge in [-0.2, -0.15) is 0 Å². The van der Waals surface area contributed by atoms with Gasteiger partial charge >= 0.3 is 68.7 Å². The summed E-state index contributed by atoms with van der Waals surface area (Å²) >= 11 is 0. The summed E-state index contributed by atoms with van der Waals surface area (Å²) in [4.78, 5) is 0. The predicted octanol–water partition coefficient (Wildman–Crippen LogP) is -3.24. The van der Waals surface area contributed by atoms with Crippen LogP contribution in [-0.4, -0.2) is 0 Å². The predicted molar refractivity (Wildman–Crippen MR) is 1.37 cm³/mol. The third kappa shape index (κ3) is 8.94. The molecule has 4 heteroatoms. The molecule has 0 aliphatic rings. The van der Waals surface area contributed by atoms with Crippen molar-refractivity contribution in [3.63, 3.8) is 0 Å². The van der Waals surface area contributed by atoms with Crippen molar-refractivity contribution in [2.75, 3.05) is 0 Å². The van der Waals surface area contributed by atoms with Crippen molar-refractivity contribution in [3.05, 3.63) is 0 Å². The topological polar surface area (TPSA) is 57.0 Å². The van der Waals surface area contributed by atoms with Gasteiger partial charge in [0.25, 0.3) is 0 Å². The Bertz CT molecular complexity index is 6.00. The van der Waals surface area contributed by atoms with Crippen molar-refractivity contribution >= 4 is 0 Å². The van der Waals surface area contributed by atoms with Crippen LogP contribution in [-0.2, 0) is 28.3 Å². The maximum atomic E-state index is 0. The Morgan fingerprint density at radius 3 is 0.750 bits per heavy atom. The van der Waals surface area contributed by atoms with Gasteiger partial charge in [-0.05, 0) is 0 Å². The minimum atomic E-state index is 0. The van der Waals surface area contributed by atoms with Crippen LogP contribution >= 0.6 is 0 Å². The normalized spacial score (nSPS) is 0. The zero-order valence-corrected chi connectivity index (χ0v) is 6.62. The Morgan fingerprint density at radius 1 is 0.750 bits per heavy atom. The largest absolute Gasteiger partial charge is 3.00 e. The fourth-order valence-electron chi connectivity index (χ4n) is 0. The van der Waals surface area contributed by atoms with E-state index in [4.69, 9.17) is 0 Å². The zero-order chi connectivity index (χ0) is 0. The molecule has 0 fully saturated rings. The SMILES string of the molecule is [Cr+3].[K+].[O-2].[O-2]. The molecule has 0 saturated carbocycles. The van der Waals surface area contributed by atoms with Crippen molar-refractivity contribution in [2.45, 2.75) is 0 Å². The first-order chi connectivity index (χ1) is 0. The Hall–Kier alpha value is 2.09. The molecule has 4 heavy (non-hydrogen) atoms. The average molecular weight is 123 g/mol. The second kappa shape index (κ2) is 19.5. The van der Waals surface area contributed by atoms with Gasteiger partial charge in [-0.3, -0.25) is 0 Å². The van der Waals surface area contributed by atoms with Gasteiger partial charge in [0.1, 0.15) is 0 Å². The van der Waals surface area contributed by atoms with Crippen LogP contribution in [0.3, 0.4) is 0 Å². The molecule has 0 aliphatic heterocycles. The van der Waals surface area contributed by atoms with Crippen LogP contribution < -0.4 is 51.4 Å². The van der Waals surface area contributed by atoms with E-state index in [9.17, 15) is 0 Å². The van der Waals surface area contributed by atoms with E-state index in [0.29, 0.717) is 0 Å². The molecule has 0 aliphatic carbocycles. The van der Waals surface area contributed by atoms with E-state index in [1.54, 1.807) is 0 Å². The van der Waals surface area contributed by atoms with Crippen LogP contribution in [0.25, 0.3) is 0 Å². The van der Waals surface area contributed by atoms with Gasteiger partial charge in [0, 0.05) is 0 Å². The van der Waals surface area contributed by atoms with E-state index < -0.39 is 0 Å². The summed E-state index contributed by atoms with van der Waals surface area (Å²) in [5.41, 5.74) is 0. The van der Waals surface area contributed by atoms with E-state index >= 15 is 0 Å². The first-order valence-electron chi connectivity index (χ1n) is 0. The molecule has 0 aromatic carbocycles.